The van der Waals surface area contributed by atoms with Crippen LogP contribution in [0.15, 0.2) is 24.4 Å². The van der Waals surface area contributed by atoms with Crippen LogP contribution < -0.4 is 0 Å². The van der Waals surface area contributed by atoms with E-state index < -0.39 is 0 Å². The van der Waals surface area contributed by atoms with Gasteiger partial charge in [-0.1, -0.05) is 0 Å². The van der Waals surface area contributed by atoms with Gasteiger partial charge in [0.2, 0.25) is 0 Å². The van der Waals surface area contributed by atoms with Crippen LogP contribution >= 0.6 is 11.3 Å². The van der Waals surface area contributed by atoms with Gasteiger partial charge >= 0.3 is 6.09 Å². The lowest BCUT2D eigenvalue weighted by Gasteiger charge is -2.21. The van der Waals surface area contributed by atoms with Gasteiger partial charge in [-0.2, -0.15) is 5.10 Å². The van der Waals surface area contributed by atoms with E-state index in [2.05, 4.69) is 27.2 Å². The fourth-order valence-electron chi connectivity index (χ4n) is 3.29. The van der Waals surface area contributed by atoms with Crippen LogP contribution in [-0.4, -0.2) is 58.4 Å². The number of hydrogen-bond donors (Lipinski definition) is 1. The Labute approximate surface area is 132 Å². The summed E-state index contributed by atoms with van der Waals surface area (Å²) in [7, 11) is 1.80. The van der Waals surface area contributed by atoms with E-state index in [0.717, 1.165) is 31.7 Å². The molecule has 22 heavy (non-hydrogen) atoms. The molecule has 2 fully saturated rings. The Bertz CT molecular complexity index is 684. The molecule has 1 amide bonds. The fourth-order valence-corrected chi connectivity index (χ4v) is 4.31. The van der Waals surface area contributed by atoms with Crippen molar-refractivity contribution in [2.24, 2.45) is 0 Å². The smallest absolute Gasteiger partial charge is 0.410 e. The molecule has 2 aromatic rings. The largest absolute Gasteiger partial charge is 0.439 e. The van der Waals surface area contributed by atoms with Crippen molar-refractivity contribution in [1.82, 2.24) is 20.0 Å². The Morgan fingerprint density at radius 3 is 3.05 bits per heavy atom. The quantitative estimate of drug-likeness (QED) is 0.942. The van der Waals surface area contributed by atoms with Crippen molar-refractivity contribution in [3.63, 3.8) is 0 Å². The zero-order chi connectivity index (χ0) is 15.2. The molecule has 2 aromatic heterocycles. The Hall–Kier alpha value is -1.86. The molecule has 2 saturated heterocycles. The first-order chi connectivity index (χ1) is 10.6. The molecule has 2 aliphatic heterocycles. The standard InChI is InChI=1S/C15H18N4O2S/c1-18-9-15(21-14(18)20)5-7-19(10-15)8-11-2-3-13(22-11)12-4-6-16-17-12/h2-4,6H,5,7-10H2,1H3,(H,16,17)/t15-/m1/s1. The van der Waals surface area contributed by atoms with Crippen LogP contribution in [0, 0.1) is 0 Å². The summed E-state index contributed by atoms with van der Waals surface area (Å²) in [5, 5.41) is 6.99. The van der Waals surface area contributed by atoms with Gasteiger partial charge in [0.1, 0.15) is 5.60 Å². The third kappa shape index (κ3) is 2.40. The highest BCUT2D eigenvalue weighted by atomic mass is 32.1. The molecule has 0 radical (unpaired) electrons. The van der Waals surface area contributed by atoms with Crippen molar-refractivity contribution >= 4 is 17.4 Å². The maximum absolute atomic E-state index is 11.6. The number of thiophene rings is 1. The van der Waals surface area contributed by atoms with Crippen molar-refractivity contribution in [2.45, 2.75) is 18.6 Å². The summed E-state index contributed by atoms with van der Waals surface area (Å²) >= 11 is 1.78. The van der Waals surface area contributed by atoms with E-state index in [1.54, 1.807) is 29.5 Å². The van der Waals surface area contributed by atoms with E-state index in [-0.39, 0.29) is 11.7 Å². The van der Waals surface area contributed by atoms with Crippen LogP contribution in [0.5, 0.6) is 0 Å². The maximum Gasteiger partial charge on any atom is 0.410 e. The number of likely N-dealkylation sites (N-methyl/N-ethyl adjacent to an activating group) is 1. The lowest BCUT2D eigenvalue weighted by atomic mass is 10.0. The molecule has 6 nitrogen and oxygen atoms in total. The van der Waals surface area contributed by atoms with Crippen LogP contribution in [0.25, 0.3) is 10.6 Å². The number of amides is 1. The van der Waals surface area contributed by atoms with E-state index in [9.17, 15) is 4.79 Å². The summed E-state index contributed by atoms with van der Waals surface area (Å²) < 4.78 is 5.59. The zero-order valence-corrected chi connectivity index (χ0v) is 13.2. The molecule has 1 atom stereocenters. The monoisotopic (exact) mass is 318 g/mol. The van der Waals surface area contributed by atoms with E-state index in [1.807, 2.05) is 6.07 Å². The van der Waals surface area contributed by atoms with Gasteiger partial charge in [-0.15, -0.1) is 11.3 Å². The van der Waals surface area contributed by atoms with Gasteiger partial charge in [0.15, 0.2) is 0 Å². The summed E-state index contributed by atoms with van der Waals surface area (Å²) in [6, 6.07) is 6.27. The number of carbonyl (C=O) groups is 1. The third-order valence-corrected chi connectivity index (χ3v) is 5.45. The van der Waals surface area contributed by atoms with Crippen molar-refractivity contribution in [1.29, 1.82) is 0 Å². The molecule has 0 unspecified atom stereocenters. The minimum absolute atomic E-state index is 0.195. The highest BCUT2D eigenvalue weighted by Gasteiger charge is 2.48. The molecule has 4 rings (SSSR count). The molecule has 1 N–H and O–H groups in total. The molecule has 0 aliphatic carbocycles. The molecule has 0 bridgehead atoms. The van der Waals surface area contributed by atoms with Gasteiger partial charge in [0.25, 0.3) is 0 Å². The predicted octanol–water partition coefficient (Wildman–Crippen LogP) is 2.16. The lowest BCUT2D eigenvalue weighted by molar-refractivity contribution is 0.0628. The number of carbonyl (C=O) groups excluding carboxylic acids is 1. The molecule has 7 heteroatoms. The fraction of sp³-hybridized carbons (Fsp3) is 0.467. The first-order valence-corrected chi connectivity index (χ1v) is 8.20. The Morgan fingerprint density at radius 1 is 1.41 bits per heavy atom. The molecule has 0 saturated carbocycles. The van der Waals surface area contributed by atoms with Crippen LogP contribution in [0.2, 0.25) is 0 Å². The van der Waals surface area contributed by atoms with Crippen LogP contribution in [0.1, 0.15) is 11.3 Å². The summed E-state index contributed by atoms with van der Waals surface area (Å²) in [6.07, 6.45) is 2.49. The van der Waals surface area contributed by atoms with Gasteiger partial charge in [-0.05, 0) is 18.2 Å². The topological polar surface area (TPSA) is 61.5 Å². The molecular weight excluding hydrogens is 300 g/mol. The molecule has 0 aromatic carbocycles. The van der Waals surface area contributed by atoms with E-state index in [0.29, 0.717) is 6.54 Å². The number of nitrogens with one attached hydrogen (secondary N) is 1. The summed E-state index contributed by atoms with van der Waals surface area (Å²) in [6.45, 7) is 3.40. The van der Waals surface area contributed by atoms with Gasteiger partial charge in [-0.3, -0.25) is 10.00 Å². The summed E-state index contributed by atoms with van der Waals surface area (Å²) in [4.78, 5) is 18.2. The molecule has 4 heterocycles. The minimum Gasteiger partial charge on any atom is -0.439 e. The van der Waals surface area contributed by atoms with Gasteiger partial charge < -0.3 is 9.64 Å². The number of nitrogens with zero attached hydrogens (tertiary/aromatic N) is 3. The SMILES string of the molecule is CN1C[C@@]2(CCN(Cc3ccc(-c4ccn[nH]4)s3)C2)OC1=O. The number of rotatable bonds is 3. The first kappa shape index (κ1) is 13.8. The second-order valence-corrected chi connectivity index (χ2v) is 7.27. The van der Waals surface area contributed by atoms with E-state index >= 15 is 0 Å². The van der Waals surface area contributed by atoms with E-state index in [4.69, 9.17) is 4.74 Å². The van der Waals surface area contributed by atoms with Crippen LogP contribution in [0.3, 0.4) is 0 Å². The second-order valence-electron chi connectivity index (χ2n) is 6.10. The first-order valence-electron chi connectivity index (χ1n) is 7.39. The van der Waals surface area contributed by atoms with Gasteiger partial charge in [0.05, 0.1) is 17.1 Å². The molecular formula is C15H18N4O2S. The van der Waals surface area contributed by atoms with E-state index in [1.165, 1.54) is 9.75 Å². The Balaban J connectivity index is 1.42. The predicted molar refractivity (Wildman–Crippen MR) is 83.6 cm³/mol. The molecule has 1 spiro atoms. The summed E-state index contributed by atoms with van der Waals surface area (Å²) in [5.41, 5.74) is 0.760. The summed E-state index contributed by atoms with van der Waals surface area (Å²) in [5.74, 6) is 0. The number of H-pyrrole nitrogens is 1. The van der Waals surface area contributed by atoms with Crippen molar-refractivity contribution in [2.75, 3.05) is 26.7 Å². The van der Waals surface area contributed by atoms with Crippen LogP contribution in [-0.2, 0) is 11.3 Å². The van der Waals surface area contributed by atoms with Gasteiger partial charge in [-0.25, -0.2) is 4.79 Å². The van der Waals surface area contributed by atoms with Crippen molar-refractivity contribution in [3.8, 4) is 10.6 Å². The number of hydrogen-bond acceptors (Lipinski definition) is 5. The number of ether oxygens (including phenoxy) is 1. The third-order valence-electron chi connectivity index (χ3n) is 4.34. The van der Waals surface area contributed by atoms with Crippen molar-refractivity contribution in [3.05, 3.63) is 29.3 Å². The number of likely N-dealkylation sites (tertiary alicyclic amines) is 1. The highest BCUT2D eigenvalue weighted by molar-refractivity contribution is 7.15. The second kappa shape index (κ2) is 5.10. The average molecular weight is 318 g/mol. The Morgan fingerprint density at radius 2 is 2.32 bits per heavy atom. The molecule has 2 aliphatic rings. The number of aromatic nitrogens is 2. The van der Waals surface area contributed by atoms with Crippen LogP contribution in [0.4, 0.5) is 4.79 Å². The minimum atomic E-state index is -0.296. The van der Waals surface area contributed by atoms with Gasteiger partial charge in [0, 0.05) is 44.2 Å². The number of aromatic amines is 1. The average Bonchev–Trinajstić information content (AvgIpc) is 3.22. The molecule has 116 valence electrons. The zero-order valence-electron chi connectivity index (χ0n) is 12.4. The highest BCUT2D eigenvalue weighted by Crippen LogP contribution is 2.34. The maximum atomic E-state index is 11.6. The normalized spacial score (nSPS) is 25.3. The lowest BCUT2D eigenvalue weighted by Crippen LogP contribution is -2.36. The van der Waals surface area contributed by atoms with Crippen molar-refractivity contribution < 1.29 is 9.53 Å². The Kier molecular flexibility index (Phi) is 3.19.